The number of nitrogens with one attached hydrogen (secondary N) is 1. The van der Waals surface area contributed by atoms with E-state index in [9.17, 15) is 29.1 Å². The molecule has 3 saturated carbocycles. The number of ketones is 2. The summed E-state index contributed by atoms with van der Waals surface area (Å²) in [5.41, 5.74) is 0.820. The maximum Gasteiger partial charge on any atom is 0.309 e. The minimum Gasteiger partial charge on any atom is -0.457 e. The number of nitrogens with zero attached hydrogens (tertiary/aromatic N) is 1. The summed E-state index contributed by atoms with van der Waals surface area (Å²) in [4.78, 5) is 67.4. The van der Waals surface area contributed by atoms with Gasteiger partial charge in [0.15, 0.2) is 18.1 Å². The van der Waals surface area contributed by atoms with E-state index in [4.69, 9.17) is 15.2 Å². The molecule has 0 radical (unpaired) electrons. The van der Waals surface area contributed by atoms with E-state index in [-0.39, 0.29) is 60.7 Å². The second kappa shape index (κ2) is 12.9. The smallest absolute Gasteiger partial charge is 0.309 e. The minimum absolute atomic E-state index is 0.0376. The van der Waals surface area contributed by atoms with E-state index in [1.165, 1.54) is 12.2 Å². The molecule has 0 aromatic carbocycles. The molecule has 2 heterocycles. The monoisotopic (exact) mass is 713 g/mol. The van der Waals surface area contributed by atoms with Gasteiger partial charge in [0.2, 0.25) is 17.6 Å². The fourth-order valence-electron chi connectivity index (χ4n) is 10.7. The highest BCUT2D eigenvalue weighted by molar-refractivity contribution is 6.01. The molecule has 282 valence electrons. The fourth-order valence-corrected chi connectivity index (χ4v) is 10.7. The first-order valence-electron chi connectivity index (χ1n) is 18.8. The van der Waals surface area contributed by atoms with E-state index < -0.39 is 70.1 Å². The largest absolute Gasteiger partial charge is 0.457 e. The van der Waals surface area contributed by atoms with Crippen molar-refractivity contribution < 1.29 is 42.9 Å². The number of aliphatic hydroxyl groups excluding tert-OH is 1. The Morgan fingerprint density at radius 1 is 1.20 bits per heavy atom. The lowest BCUT2D eigenvalue weighted by Crippen LogP contribution is -2.76. The number of carbonyl (C=O) groups excluding carboxylic acids is 5. The maximum atomic E-state index is 17.5. The van der Waals surface area contributed by atoms with Gasteiger partial charge in [-0.05, 0) is 80.8 Å². The predicted octanol–water partition coefficient (Wildman–Crippen LogP) is 3.22. The van der Waals surface area contributed by atoms with Gasteiger partial charge in [-0.2, -0.15) is 0 Å². The Bertz CT molecular complexity index is 1560. The molecule has 12 heteroatoms. The summed E-state index contributed by atoms with van der Waals surface area (Å²) >= 11 is 0. The zero-order chi connectivity index (χ0) is 37.5. The van der Waals surface area contributed by atoms with Crippen LogP contribution in [0.25, 0.3) is 0 Å². The number of esters is 1. The summed E-state index contributed by atoms with van der Waals surface area (Å²) in [7, 11) is 0. The second-order valence-corrected chi connectivity index (χ2v) is 17.6. The quantitative estimate of drug-likeness (QED) is 0.289. The molecule has 0 aromatic heterocycles. The third-order valence-electron chi connectivity index (χ3n) is 14.3. The molecule has 0 aromatic rings. The van der Waals surface area contributed by atoms with Gasteiger partial charge in [-0.15, -0.1) is 0 Å². The SMILES string of the molecule is CC(C)C(N)C(=O)N1CCCC1C(=O)NCC(C)(C)C(C)C(=O)OCC(=O)[C@]12OC[C@@]13C[C@H](O)[C@@]1(F)[C@@H](CCC4=CC(=O)C=C[C@@]41C)[C@@H]3C[C@H]2C. The molecule has 4 N–H and O–H groups in total. The summed E-state index contributed by atoms with van der Waals surface area (Å²) in [5.74, 6) is -3.51. The van der Waals surface area contributed by atoms with Crippen molar-refractivity contribution in [1.82, 2.24) is 10.2 Å². The number of carbonyl (C=O) groups is 5. The number of rotatable bonds is 10. The number of allylic oxidation sites excluding steroid dienone is 4. The van der Waals surface area contributed by atoms with Crippen molar-refractivity contribution in [2.45, 2.75) is 116 Å². The van der Waals surface area contributed by atoms with Crippen LogP contribution in [0, 0.1) is 45.8 Å². The lowest BCUT2D eigenvalue weighted by molar-refractivity contribution is -0.310. The number of amides is 2. The average Bonchev–Trinajstić information content (AvgIpc) is 3.62. The highest BCUT2D eigenvalue weighted by atomic mass is 19.1. The van der Waals surface area contributed by atoms with Crippen LogP contribution in [-0.2, 0) is 33.4 Å². The van der Waals surface area contributed by atoms with Crippen LogP contribution >= 0.6 is 0 Å². The Labute approximate surface area is 300 Å². The summed E-state index contributed by atoms with van der Waals surface area (Å²) in [5, 5.41) is 14.6. The number of hydrogen-bond donors (Lipinski definition) is 3. The molecule has 1 spiro atoms. The average molecular weight is 714 g/mol. The summed E-state index contributed by atoms with van der Waals surface area (Å²) in [6, 6.07) is -1.31. The van der Waals surface area contributed by atoms with Crippen LogP contribution in [0.2, 0.25) is 0 Å². The maximum absolute atomic E-state index is 17.5. The summed E-state index contributed by atoms with van der Waals surface area (Å²) in [6.45, 7) is 13.1. The van der Waals surface area contributed by atoms with E-state index in [2.05, 4.69) is 5.32 Å². The van der Waals surface area contributed by atoms with Crippen LogP contribution in [-0.4, -0.2) is 95.1 Å². The second-order valence-electron chi connectivity index (χ2n) is 17.6. The van der Waals surface area contributed by atoms with Crippen LogP contribution in [0.15, 0.2) is 23.8 Å². The fraction of sp³-hybridized carbons (Fsp3) is 0.769. The molecule has 6 rings (SSSR count). The van der Waals surface area contributed by atoms with Crippen LogP contribution < -0.4 is 11.1 Å². The van der Waals surface area contributed by atoms with Gasteiger partial charge in [0.1, 0.15) is 11.6 Å². The minimum atomic E-state index is -2.01. The first-order valence-corrected chi connectivity index (χ1v) is 18.8. The molecule has 5 fully saturated rings. The van der Waals surface area contributed by atoms with Crippen molar-refractivity contribution in [1.29, 1.82) is 0 Å². The Kier molecular flexibility index (Phi) is 9.53. The predicted molar refractivity (Wildman–Crippen MR) is 185 cm³/mol. The lowest BCUT2D eigenvalue weighted by atomic mass is 9.43. The Balaban J connectivity index is 1.09. The first kappa shape index (κ1) is 37.8. The van der Waals surface area contributed by atoms with E-state index in [1.54, 1.807) is 24.8 Å². The van der Waals surface area contributed by atoms with Gasteiger partial charge in [-0.25, -0.2) is 4.39 Å². The lowest BCUT2D eigenvalue weighted by Gasteiger charge is -2.67. The van der Waals surface area contributed by atoms with E-state index in [0.29, 0.717) is 44.2 Å². The number of alkyl halides is 1. The number of aliphatic hydroxyl groups is 1. The highest BCUT2D eigenvalue weighted by Gasteiger charge is 2.81. The van der Waals surface area contributed by atoms with Gasteiger partial charge < -0.3 is 30.5 Å². The van der Waals surface area contributed by atoms with Crippen LogP contribution in [0.4, 0.5) is 4.39 Å². The van der Waals surface area contributed by atoms with Crippen molar-refractivity contribution in [2.75, 3.05) is 26.3 Å². The summed E-state index contributed by atoms with van der Waals surface area (Å²) < 4.78 is 29.4. The Hall–Kier alpha value is -2.96. The molecule has 51 heavy (non-hydrogen) atoms. The molecule has 2 amide bonds. The number of ether oxygens (including phenoxy) is 2. The van der Waals surface area contributed by atoms with Crippen molar-refractivity contribution in [2.24, 2.45) is 51.6 Å². The molecule has 11 nitrogen and oxygen atoms in total. The van der Waals surface area contributed by atoms with E-state index >= 15 is 4.39 Å². The van der Waals surface area contributed by atoms with Crippen molar-refractivity contribution in [3.05, 3.63) is 23.8 Å². The number of fused-ring (bicyclic) bond motifs is 4. The molecule has 11 atom stereocenters. The van der Waals surface area contributed by atoms with Crippen molar-refractivity contribution in [3.63, 3.8) is 0 Å². The molecule has 3 unspecified atom stereocenters. The number of likely N-dealkylation sites (tertiary alicyclic amines) is 1. The molecule has 2 saturated heterocycles. The number of halogens is 1. The van der Waals surface area contributed by atoms with Gasteiger partial charge >= 0.3 is 5.97 Å². The topological polar surface area (TPSA) is 165 Å². The van der Waals surface area contributed by atoms with Gasteiger partial charge in [-0.1, -0.05) is 53.2 Å². The van der Waals surface area contributed by atoms with Gasteiger partial charge in [0.25, 0.3) is 0 Å². The molecule has 4 aliphatic carbocycles. The molecular weight excluding hydrogens is 657 g/mol. The Morgan fingerprint density at radius 3 is 2.55 bits per heavy atom. The number of hydrogen-bond acceptors (Lipinski definition) is 9. The highest BCUT2D eigenvalue weighted by Crippen LogP contribution is 2.74. The van der Waals surface area contributed by atoms with Gasteiger partial charge in [-0.3, -0.25) is 24.0 Å². The third-order valence-corrected chi connectivity index (χ3v) is 14.3. The zero-order valence-electron chi connectivity index (χ0n) is 31.1. The summed E-state index contributed by atoms with van der Waals surface area (Å²) in [6.07, 6.45) is 5.94. The Morgan fingerprint density at radius 2 is 1.90 bits per heavy atom. The van der Waals surface area contributed by atoms with Crippen molar-refractivity contribution in [3.8, 4) is 0 Å². The third kappa shape index (κ3) is 5.39. The zero-order valence-corrected chi connectivity index (χ0v) is 31.1. The van der Waals surface area contributed by atoms with Crippen LogP contribution in [0.5, 0.6) is 0 Å². The van der Waals surface area contributed by atoms with Crippen molar-refractivity contribution >= 4 is 29.4 Å². The number of nitrogens with two attached hydrogens (primary N) is 1. The molecular formula is C39H56FN3O8. The normalized spacial score (nSPS) is 39.5. The van der Waals surface area contributed by atoms with Crippen LogP contribution in [0.1, 0.15) is 87.0 Å². The van der Waals surface area contributed by atoms with Crippen LogP contribution in [0.3, 0.4) is 0 Å². The standard InChI is InChI=1S/C39H56FN3O8/c1-21(2)31(41)33(48)43-14-8-9-28(43)32(47)42-19-35(5,6)23(4)34(49)50-18-30(46)39-22(3)15-27-26-11-10-24-16-25(44)12-13-36(24,7)38(26,40)29(45)17-37(27,39)20-51-39/h12-13,16,21-23,26-29,31,45H,8-11,14-15,17-20,41H2,1-7H3,(H,42,47)/t22-,23?,26+,27+,28?,29+,31?,36+,37-,38+,39+/m1/s1. The first-order chi connectivity index (χ1) is 23.8. The molecule has 2 aliphatic heterocycles. The number of Topliss-reactive ketones (excluding diaryl/α,β-unsaturated/α-hetero) is 1. The van der Waals surface area contributed by atoms with E-state index in [0.717, 1.165) is 0 Å². The van der Waals surface area contributed by atoms with Gasteiger partial charge in [0, 0.05) is 29.8 Å². The molecule has 0 bridgehead atoms. The van der Waals surface area contributed by atoms with E-state index in [1.807, 2.05) is 34.6 Å². The molecule has 6 aliphatic rings. The van der Waals surface area contributed by atoms with Gasteiger partial charge in [0.05, 0.1) is 24.7 Å².